The summed E-state index contributed by atoms with van der Waals surface area (Å²) >= 11 is 0. The van der Waals surface area contributed by atoms with E-state index in [-0.39, 0.29) is 0 Å². The van der Waals surface area contributed by atoms with Gasteiger partial charge >= 0.3 is 0 Å². The summed E-state index contributed by atoms with van der Waals surface area (Å²) in [4.78, 5) is 2.44. The van der Waals surface area contributed by atoms with Gasteiger partial charge in [0.1, 0.15) is 0 Å². The number of rotatable bonds is 8. The lowest BCUT2D eigenvalue weighted by Crippen LogP contribution is -2.11. The molecule has 300 valence electrons. The van der Waals surface area contributed by atoms with Crippen LogP contribution in [0.25, 0.3) is 93.5 Å². The van der Waals surface area contributed by atoms with Crippen LogP contribution in [0.3, 0.4) is 0 Å². The van der Waals surface area contributed by atoms with Crippen LogP contribution in [0.5, 0.6) is 0 Å². The minimum absolute atomic E-state index is 1.08. The van der Waals surface area contributed by atoms with Crippen molar-refractivity contribution in [1.82, 2.24) is 4.57 Å². The maximum absolute atomic E-state index is 2.44. The van der Waals surface area contributed by atoms with E-state index in [9.17, 15) is 0 Å². The number of hydrogen-bond acceptors (Lipinski definition) is 1. The van der Waals surface area contributed by atoms with Gasteiger partial charge in [-0.3, -0.25) is 0 Å². The molecule has 0 spiro atoms. The highest BCUT2D eigenvalue weighted by Gasteiger charge is 2.22. The number of fused-ring (bicyclic) bond motifs is 6. The van der Waals surface area contributed by atoms with Gasteiger partial charge in [-0.05, 0) is 116 Å². The van der Waals surface area contributed by atoms with E-state index in [1.165, 1.54) is 71.2 Å². The zero-order valence-electron chi connectivity index (χ0n) is 35.1. The lowest BCUT2D eigenvalue weighted by atomic mass is 9.90. The summed E-state index contributed by atoms with van der Waals surface area (Å²) in [6.07, 6.45) is 0. The Balaban J connectivity index is 1.12. The van der Waals surface area contributed by atoms with E-state index in [1.807, 2.05) is 0 Å². The molecule has 0 N–H and O–H groups in total. The highest BCUT2D eigenvalue weighted by molar-refractivity contribution is 6.15. The Morgan fingerprint density at radius 3 is 1.33 bits per heavy atom. The number of aromatic nitrogens is 1. The fourth-order valence-corrected chi connectivity index (χ4v) is 9.78. The van der Waals surface area contributed by atoms with Crippen molar-refractivity contribution in [2.45, 2.75) is 0 Å². The number of para-hydroxylation sites is 3. The van der Waals surface area contributed by atoms with Crippen LogP contribution in [-0.4, -0.2) is 4.57 Å². The lowest BCUT2D eigenvalue weighted by molar-refractivity contribution is 1.18. The normalized spacial score (nSPS) is 11.4. The van der Waals surface area contributed by atoms with Gasteiger partial charge in [-0.2, -0.15) is 0 Å². The van der Waals surface area contributed by atoms with Crippen LogP contribution in [0.1, 0.15) is 0 Å². The fraction of sp³-hybridized carbons (Fsp3) is 0. The Kier molecular flexibility index (Phi) is 9.20. The highest BCUT2D eigenvalue weighted by Crippen LogP contribution is 2.47. The number of hydrogen-bond donors (Lipinski definition) is 0. The molecule has 2 nitrogen and oxygen atoms in total. The van der Waals surface area contributed by atoms with Crippen LogP contribution in [0.4, 0.5) is 17.1 Å². The molecule has 0 aliphatic carbocycles. The first-order valence-corrected chi connectivity index (χ1v) is 22.0. The smallest absolute Gasteiger partial charge is 0.0541 e. The summed E-state index contributed by atoms with van der Waals surface area (Å²) < 4.78 is 2.44. The molecule has 0 saturated heterocycles. The van der Waals surface area contributed by atoms with Crippen LogP contribution < -0.4 is 4.90 Å². The third-order valence-electron chi connectivity index (χ3n) is 12.8. The van der Waals surface area contributed by atoms with Crippen molar-refractivity contribution in [3.63, 3.8) is 0 Å². The zero-order valence-corrected chi connectivity index (χ0v) is 35.1. The second kappa shape index (κ2) is 15.8. The Labute approximate surface area is 373 Å². The van der Waals surface area contributed by atoms with Gasteiger partial charge in [-0.25, -0.2) is 0 Å². The average Bonchev–Trinajstić information content (AvgIpc) is 3.71. The van der Waals surface area contributed by atoms with Crippen LogP contribution in [-0.2, 0) is 0 Å². The maximum atomic E-state index is 2.44. The molecule has 11 aromatic carbocycles. The van der Waals surface area contributed by atoms with Crippen LogP contribution in [0, 0.1) is 0 Å². The van der Waals surface area contributed by atoms with E-state index in [0.29, 0.717) is 0 Å². The van der Waals surface area contributed by atoms with Crippen molar-refractivity contribution in [1.29, 1.82) is 0 Å². The molecule has 0 aliphatic heterocycles. The third-order valence-corrected chi connectivity index (χ3v) is 12.8. The van der Waals surface area contributed by atoms with Crippen molar-refractivity contribution in [2.24, 2.45) is 0 Å². The predicted molar refractivity (Wildman–Crippen MR) is 272 cm³/mol. The highest BCUT2D eigenvalue weighted by atomic mass is 15.1. The molecule has 0 saturated carbocycles. The van der Waals surface area contributed by atoms with Crippen LogP contribution >= 0.6 is 0 Å². The second-order valence-corrected chi connectivity index (χ2v) is 16.5. The van der Waals surface area contributed by atoms with Gasteiger partial charge in [-0.15, -0.1) is 0 Å². The second-order valence-electron chi connectivity index (χ2n) is 16.5. The first-order valence-electron chi connectivity index (χ1n) is 22.0. The molecular formula is C62H42N2. The summed E-state index contributed by atoms with van der Waals surface area (Å²) in [6.45, 7) is 0. The largest absolute Gasteiger partial charge is 0.310 e. The summed E-state index contributed by atoms with van der Waals surface area (Å²) in [5, 5.41) is 7.42. The predicted octanol–water partition coefficient (Wildman–Crippen LogP) is 17.2. The summed E-state index contributed by atoms with van der Waals surface area (Å²) in [5.41, 5.74) is 16.2. The Bertz CT molecular complexity index is 3500. The van der Waals surface area contributed by atoms with E-state index in [1.54, 1.807) is 0 Å². The Morgan fingerprint density at radius 2 is 0.719 bits per heavy atom. The van der Waals surface area contributed by atoms with Crippen molar-refractivity contribution in [2.75, 3.05) is 4.90 Å². The quantitative estimate of drug-likeness (QED) is 0.139. The molecule has 0 atom stereocenters. The molecule has 12 rings (SSSR count). The topological polar surface area (TPSA) is 8.17 Å². The molecule has 0 aliphatic rings. The van der Waals surface area contributed by atoms with Gasteiger partial charge in [0.15, 0.2) is 0 Å². The fourth-order valence-electron chi connectivity index (χ4n) is 9.78. The SMILES string of the molecule is c1ccc(-c2ccc(N(c3ccc(-c4ccccc4)cc3)c3ccc(-c4ccccc4-n4c5ccccc5c5ccccc54)cc3-c3cc4ccccc4c4ccccc34)cc2)cc1. The molecule has 0 bridgehead atoms. The molecule has 2 heteroatoms. The zero-order chi connectivity index (χ0) is 42.4. The molecule has 0 fully saturated rings. The summed E-state index contributed by atoms with van der Waals surface area (Å²) in [7, 11) is 0. The van der Waals surface area contributed by atoms with E-state index in [2.05, 4.69) is 264 Å². The summed E-state index contributed by atoms with van der Waals surface area (Å²) in [6, 6.07) is 92.9. The van der Waals surface area contributed by atoms with Gasteiger partial charge in [0.25, 0.3) is 0 Å². The van der Waals surface area contributed by atoms with Crippen LogP contribution in [0.15, 0.2) is 255 Å². The first kappa shape index (κ1) is 37.3. The minimum atomic E-state index is 1.08. The molecule has 0 radical (unpaired) electrons. The maximum Gasteiger partial charge on any atom is 0.0541 e. The molecule has 0 unspecified atom stereocenters. The van der Waals surface area contributed by atoms with Gasteiger partial charge in [0, 0.05) is 33.3 Å². The van der Waals surface area contributed by atoms with E-state index >= 15 is 0 Å². The molecule has 64 heavy (non-hydrogen) atoms. The van der Waals surface area contributed by atoms with Gasteiger partial charge in [-0.1, -0.05) is 194 Å². The molecule has 12 aromatic rings. The van der Waals surface area contributed by atoms with E-state index < -0.39 is 0 Å². The van der Waals surface area contributed by atoms with Gasteiger partial charge < -0.3 is 9.47 Å². The third kappa shape index (κ3) is 6.44. The Hall–Kier alpha value is -8.46. The van der Waals surface area contributed by atoms with Gasteiger partial charge in [0.05, 0.1) is 22.4 Å². The van der Waals surface area contributed by atoms with E-state index in [0.717, 1.165) is 39.4 Å². The molecule has 1 heterocycles. The monoisotopic (exact) mass is 814 g/mol. The van der Waals surface area contributed by atoms with Crippen LogP contribution in [0.2, 0.25) is 0 Å². The molecule has 1 aromatic heterocycles. The van der Waals surface area contributed by atoms with E-state index in [4.69, 9.17) is 0 Å². The number of anilines is 3. The van der Waals surface area contributed by atoms with Crippen molar-refractivity contribution in [3.8, 4) is 50.2 Å². The standard InChI is InChI=1S/C62H42N2/c1-3-17-43(18-4-1)45-31-36-49(37-32-45)63(50-38-33-46(34-39-50)44-19-5-2-6-20-44)62-40-35-48(42-58(62)57-41-47-21-7-8-22-51(47)53-24-9-10-25-54(53)57)52-23-11-14-28-59(52)64-60-29-15-12-26-55(60)56-27-13-16-30-61(56)64/h1-42H. The Morgan fingerprint density at radius 1 is 0.266 bits per heavy atom. The first-order chi connectivity index (χ1) is 31.8. The van der Waals surface area contributed by atoms with Crippen molar-refractivity contribution >= 4 is 60.4 Å². The summed E-state index contributed by atoms with van der Waals surface area (Å²) in [5.74, 6) is 0. The molecule has 0 amide bonds. The average molecular weight is 815 g/mol. The number of benzene rings is 11. The number of nitrogens with zero attached hydrogens (tertiary/aromatic N) is 2. The van der Waals surface area contributed by atoms with Crippen molar-refractivity contribution in [3.05, 3.63) is 255 Å². The lowest BCUT2D eigenvalue weighted by Gasteiger charge is -2.29. The van der Waals surface area contributed by atoms with Gasteiger partial charge in [0.2, 0.25) is 0 Å². The minimum Gasteiger partial charge on any atom is -0.310 e. The van der Waals surface area contributed by atoms with Crippen molar-refractivity contribution < 1.29 is 0 Å². The molecular weight excluding hydrogens is 773 g/mol.